The molecule has 90 valence electrons. The fraction of sp³-hybridized carbons (Fsp3) is 0.818. The van der Waals surface area contributed by atoms with E-state index in [2.05, 4.69) is 22.4 Å². The van der Waals surface area contributed by atoms with Crippen molar-refractivity contribution in [2.45, 2.75) is 45.3 Å². The van der Waals surface area contributed by atoms with Crippen molar-refractivity contribution in [2.75, 3.05) is 13.2 Å². The molecule has 0 unspecified atom stereocenters. The fourth-order valence-electron chi connectivity index (χ4n) is 1.98. The fourth-order valence-corrected chi connectivity index (χ4v) is 1.98. The van der Waals surface area contributed by atoms with Gasteiger partial charge in [0.1, 0.15) is 0 Å². The highest BCUT2D eigenvalue weighted by Crippen LogP contribution is 2.24. The average Bonchev–Trinajstić information content (AvgIpc) is 2.87. The quantitative estimate of drug-likeness (QED) is 0.822. The minimum Gasteiger partial charge on any atom is -0.424 e. The number of aryl methyl sites for hydroxylation is 1. The molecule has 1 saturated heterocycles. The molecule has 0 saturated carbocycles. The van der Waals surface area contributed by atoms with Crippen LogP contribution in [-0.4, -0.2) is 29.5 Å². The molecule has 5 heteroatoms. The monoisotopic (exact) mass is 225 g/mol. The van der Waals surface area contributed by atoms with Gasteiger partial charge >= 0.3 is 0 Å². The van der Waals surface area contributed by atoms with E-state index in [9.17, 15) is 0 Å². The summed E-state index contributed by atoms with van der Waals surface area (Å²) in [6.45, 7) is 5.73. The molecule has 0 aromatic carbocycles. The maximum atomic E-state index is 5.59. The first-order valence-electron chi connectivity index (χ1n) is 6.00. The zero-order valence-corrected chi connectivity index (χ0v) is 9.90. The normalized spacial score (nSPS) is 25.1. The van der Waals surface area contributed by atoms with Gasteiger partial charge in [-0.05, 0) is 19.8 Å². The van der Waals surface area contributed by atoms with Gasteiger partial charge in [0, 0.05) is 19.6 Å². The van der Waals surface area contributed by atoms with E-state index >= 15 is 0 Å². The summed E-state index contributed by atoms with van der Waals surface area (Å²) >= 11 is 0. The van der Waals surface area contributed by atoms with Crippen LogP contribution in [0.2, 0.25) is 0 Å². The standard InChI is InChI=1S/C11H19N3O2/c1-3-5-10-13-14-11(16-10)9-6-8(7-12-9)15-4-2/h8-9,12H,3-7H2,1-2H3/t8-,9-/m0/s1. The summed E-state index contributed by atoms with van der Waals surface area (Å²) in [5.41, 5.74) is 0. The van der Waals surface area contributed by atoms with Gasteiger partial charge in [0.2, 0.25) is 11.8 Å². The van der Waals surface area contributed by atoms with Crippen LogP contribution in [0, 0.1) is 0 Å². The van der Waals surface area contributed by atoms with E-state index in [4.69, 9.17) is 9.15 Å². The Morgan fingerprint density at radius 3 is 3.06 bits per heavy atom. The molecular formula is C11H19N3O2. The summed E-state index contributed by atoms with van der Waals surface area (Å²) < 4.78 is 11.2. The van der Waals surface area contributed by atoms with Crippen molar-refractivity contribution in [3.8, 4) is 0 Å². The van der Waals surface area contributed by atoms with E-state index in [1.165, 1.54) is 0 Å². The van der Waals surface area contributed by atoms with Crippen LogP contribution in [0.5, 0.6) is 0 Å². The van der Waals surface area contributed by atoms with Crippen LogP contribution >= 0.6 is 0 Å². The van der Waals surface area contributed by atoms with Gasteiger partial charge in [-0.15, -0.1) is 10.2 Å². The molecule has 1 aromatic heterocycles. The Balaban J connectivity index is 1.92. The van der Waals surface area contributed by atoms with Crippen LogP contribution in [0.3, 0.4) is 0 Å². The van der Waals surface area contributed by atoms with Crippen molar-refractivity contribution in [2.24, 2.45) is 0 Å². The highest BCUT2D eigenvalue weighted by atomic mass is 16.5. The molecular weight excluding hydrogens is 206 g/mol. The molecule has 2 atom stereocenters. The Hall–Kier alpha value is -0.940. The van der Waals surface area contributed by atoms with Gasteiger partial charge in [0.15, 0.2) is 0 Å². The minimum atomic E-state index is 0.162. The van der Waals surface area contributed by atoms with Crippen molar-refractivity contribution in [3.63, 3.8) is 0 Å². The van der Waals surface area contributed by atoms with E-state index in [0.29, 0.717) is 5.89 Å². The van der Waals surface area contributed by atoms with Gasteiger partial charge in [-0.1, -0.05) is 6.92 Å². The molecule has 1 aliphatic heterocycles. The summed E-state index contributed by atoms with van der Waals surface area (Å²) in [4.78, 5) is 0. The summed E-state index contributed by atoms with van der Waals surface area (Å²) in [5.74, 6) is 1.44. The number of hydrogen-bond acceptors (Lipinski definition) is 5. The lowest BCUT2D eigenvalue weighted by Crippen LogP contribution is -2.17. The molecule has 0 amide bonds. The lowest BCUT2D eigenvalue weighted by Gasteiger charge is -2.07. The van der Waals surface area contributed by atoms with Crippen LogP contribution in [0.15, 0.2) is 4.42 Å². The van der Waals surface area contributed by atoms with Crippen molar-refractivity contribution in [1.29, 1.82) is 0 Å². The smallest absolute Gasteiger partial charge is 0.233 e. The Labute approximate surface area is 95.6 Å². The molecule has 2 heterocycles. The van der Waals surface area contributed by atoms with Crippen LogP contribution in [0.1, 0.15) is 44.5 Å². The molecule has 0 spiro atoms. The first kappa shape index (κ1) is 11.5. The average molecular weight is 225 g/mol. The van der Waals surface area contributed by atoms with E-state index < -0.39 is 0 Å². The molecule has 1 N–H and O–H groups in total. The summed E-state index contributed by atoms with van der Waals surface area (Å²) in [5, 5.41) is 11.4. The third kappa shape index (κ3) is 2.59. The molecule has 0 radical (unpaired) electrons. The predicted molar refractivity (Wildman–Crippen MR) is 59.1 cm³/mol. The third-order valence-corrected chi connectivity index (χ3v) is 2.74. The molecule has 1 aliphatic rings. The van der Waals surface area contributed by atoms with Gasteiger partial charge in [-0.25, -0.2) is 0 Å². The van der Waals surface area contributed by atoms with E-state index in [1.54, 1.807) is 0 Å². The van der Waals surface area contributed by atoms with Crippen molar-refractivity contribution < 1.29 is 9.15 Å². The van der Waals surface area contributed by atoms with E-state index in [0.717, 1.165) is 38.3 Å². The van der Waals surface area contributed by atoms with Gasteiger partial charge in [-0.3, -0.25) is 0 Å². The van der Waals surface area contributed by atoms with Crippen molar-refractivity contribution in [3.05, 3.63) is 11.8 Å². The van der Waals surface area contributed by atoms with Crippen molar-refractivity contribution in [1.82, 2.24) is 15.5 Å². The molecule has 0 aliphatic carbocycles. The number of rotatable bonds is 5. The number of ether oxygens (including phenoxy) is 1. The molecule has 1 fully saturated rings. The summed E-state index contributed by atoms with van der Waals surface area (Å²) in [7, 11) is 0. The molecule has 16 heavy (non-hydrogen) atoms. The molecule has 2 rings (SSSR count). The Kier molecular flexibility index (Phi) is 3.90. The van der Waals surface area contributed by atoms with Crippen LogP contribution < -0.4 is 5.32 Å². The topological polar surface area (TPSA) is 60.2 Å². The Morgan fingerprint density at radius 1 is 1.44 bits per heavy atom. The predicted octanol–water partition coefficient (Wildman–Crippen LogP) is 1.46. The summed E-state index contributed by atoms with van der Waals surface area (Å²) in [6, 6.07) is 0.162. The SMILES string of the molecule is CCCc1nnc([C@@H]2C[C@H](OCC)CN2)o1. The van der Waals surface area contributed by atoms with Crippen molar-refractivity contribution >= 4 is 0 Å². The van der Waals surface area contributed by atoms with Gasteiger partial charge in [0.25, 0.3) is 0 Å². The van der Waals surface area contributed by atoms with Crippen LogP contribution in [-0.2, 0) is 11.2 Å². The van der Waals surface area contributed by atoms with Gasteiger partial charge in [-0.2, -0.15) is 0 Å². The Bertz CT molecular complexity index is 327. The first-order valence-corrected chi connectivity index (χ1v) is 6.00. The zero-order valence-electron chi connectivity index (χ0n) is 9.90. The second-order valence-electron chi connectivity index (χ2n) is 4.06. The molecule has 5 nitrogen and oxygen atoms in total. The Morgan fingerprint density at radius 2 is 2.31 bits per heavy atom. The second kappa shape index (κ2) is 5.41. The first-order chi connectivity index (χ1) is 7.83. The number of nitrogens with one attached hydrogen (secondary N) is 1. The van der Waals surface area contributed by atoms with Crippen LogP contribution in [0.4, 0.5) is 0 Å². The zero-order chi connectivity index (χ0) is 11.4. The number of aromatic nitrogens is 2. The molecule has 0 bridgehead atoms. The lowest BCUT2D eigenvalue weighted by molar-refractivity contribution is 0.0751. The second-order valence-corrected chi connectivity index (χ2v) is 4.06. The van der Waals surface area contributed by atoms with Gasteiger partial charge in [0.05, 0.1) is 12.1 Å². The number of hydrogen-bond donors (Lipinski definition) is 1. The third-order valence-electron chi connectivity index (χ3n) is 2.74. The molecule has 1 aromatic rings. The maximum Gasteiger partial charge on any atom is 0.233 e. The highest BCUT2D eigenvalue weighted by molar-refractivity contribution is 4.96. The minimum absolute atomic E-state index is 0.162. The van der Waals surface area contributed by atoms with E-state index in [-0.39, 0.29) is 12.1 Å². The maximum absolute atomic E-state index is 5.59. The highest BCUT2D eigenvalue weighted by Gasteiger charge is 2.29. The lowest BCUT2D eigenvalue weighted by atomic mass is 10.2. The van der Waals surface area contributed by atoms with Gasteiger partial charge < -0.3 is 14.5 Å². The largest absolute Gasteiger partial charge is 0.424 e. The van der Waals surface area contributed by atoms with E-state index in [1.807, 2.05) is 6.92 Å². The summed E-state index contributed by atoms with van der Waals surface area (Å²) in [6.07, 6.45) is 3.08. The van der Waals surface area contributed by atoms with Crippen LogP contribution in [0.25, 0.3) is 0 Å². The number of nitrogens with zero attached hydrogens (tertiary/aromatic N) is 2.